The number of hydrogen-bond acceptors (Lipinski definition) is 2. The van der Waals surface area contributed by atoms with Crippen molar-refractivity contribution in [3.8, 4) is 0 Å². The molecule has 0 atom stereocenters. The van der Waals surface area contributed by atoms with E-state index in [2.05, 4.69) is 106 Å². The second-order valence-electron chi connectivity index (χ2n) is 10.8. The highest BCUT2D eigenvalue weighted by molar-refractivity contribution is 6.32. The summed E-state index contributed by atoms with van der Waals surface area (Å²) in [7, 11) is 4.09. The van der Waals surface area contributed by atoms with Crippen molar-refractivity contribution >= 4 is 23.0 Å². The molecule has 0 fully saturated rings. The molecule has 0 aromatic heterocycles. The van der Waals surface area contributed by atoms with Crippen LogP contribution in [0.4, 0.5) is 11.4 Å². The van der Waals surface area contributed by atoms with Gasteiger partial charge in [-0.2, -0.15) is 0 Å². The van der Waals surface area contributed by atoms with Gasteiger partial charge in [-0.15, -0.1) is 0 Å². The van der Waals surface area contributed by atoms with Gasteiger partial charge in [0.1, 0.15) is 0 Å². The van der Waals surface area contributed by atoms with Crippen LogP contribution in [0, 0.1) is 6.58 Å². The third-order valence-electron chi connectivity index (χ3n) is 7.89. The molecule has 0 saturated carbocycles. The predicted molar refractivity (Wildman–Crippen MR) is 157 cm³/mol. The number of nitrogens with zero attached hydrogens (tertiary/aromatic N) is 1. The minimum atomic E-state index is -0.311. The van der Waals surface area contributed by atoms with Crippen LogP contribution in [0.5, 0.6) is 0 Å². The van der Waals surface area contributed by atoms with Crippen LogP contribution in [0.3, 0.4) is 0 Å². The molecule has 0 bridgehead atoms. The molecule has 2 aromatic rings. The molecule has 1 aliphatic heterocycles. The van der Waals surface area contributed by atoms with Gasteiger partial charge in [-0.3, -0.25) is 0 Å². The minimum absolute atomic E-state index is 0.0470. The summed E-state index contributed by atoms with van der Waals surface area (Å²) in [5, 5.41) is 4.14. The highest BCUT2D eigenvalue weighted by Gasteiger charge is 2.37. The molecule has 0 amide bonds. The second kappa shape index (κ2) is 10.1. The smallest absolute Gasteiger partial charge is 0.174 e. The zero-order valence-electron chi connectivity index (χ0n) is 22.5. The fourth-order valence-electron chi connectivity index (χ4n) is 5.49. The van der Waals surface area contributed by atoms with Crippen LogP contribution >= 0.6 is 11.6 Å². The highest BCUT2D eigenvalue weighted by Crippen LogP contribution is 2.47. The van der Waals surface area contributed by atoms with Crippen molar-refractivity contribution in [2.45, 2.75) is 57.8 Å². The van der Waals surface area contributed by atoms with Crippen molar-refractivity contribution in [1.29, 1.82) is 0 Å². The number of rotatable bonds is 6. The van der Waals surface area contributed by atoms with Crippen LogP contribution < -0.4 is 10.2 Å². The lowest BCUT2D eigenvalue weighted by atomic mass is 9.77. The standard InChI is InChI=1S/C33H38ClN2/c1-23(32(2,3)26-15-8-10-17-28(26)35-6)19-20-24-13-12-14-25(31(24)34)21-22-30-33(4,5)27-16-9-11-18-29(27)36(30)7/h1,8-11,15-22,35H,12-14H2,2-7H3/q+1/b20-19+,25-21+,30-22+. The zero-order chi connectivity index (χ0) is 26.1. The van der Waals surface area contributed by atoms with E-state index in [1.165, 1.54) is 28.1 Å². The quantitative estimate of drug-likeness (QED) is 0.316. The van der Waals surface area contributed by atoms with Crippen LogP contribution in [0.2, 0.25) is 0 Å². The van der Waals surface area contributed by atoms with Crippen molar-refractivity contribution in [2.75, 3.05) is 24.3 Å². The van der Waals surface area contributed by atoms with Gasteiger partial charge in [0, 0.05) is 47.7 Å². The Bertz CT molecular complexity index is 1290. The maximum atomic E-state index is 6.95. The van der Waals surface area contributed by atoms with Crippen LogP contribution in [0.1, 0.15) is 58.1 Å². The van der Waals surface area contributed by atoms with Gasteiger partial charge in [0.2, 0.25) is 0 Å². The number of likely N-dealkylation sites (N-methyl/N-ethyl adjacent to an activating group) is 1. The van der Waals surface area contributed by atoms with Crippen LogP contribution in [0.15, 0.2) is 100 Å². The third kappa shape index (κ3) is 4.69. The molecule has 1 aliphatic carbocycles. The minimum Gasteiger partial charge on any atom is -0.388 e. The summed E-state index contributed by atoms with van der Waals surface area (Å²) in [5.74, 6) is 0. The van der Waals surface area contributed by atoms with Gasteiger partial charge in [-0.05, 0) is 73.6 Å². The van der Waals surface area contributed by atoms with E-state index >= 15 is 0 Å². The first-order valence-electron chi connectivity index (χ1n) is 12.8. The predicted octanol–water partition coefficient (Wildman–Crippen LogP) is 8.84. The molecule has 0 saturated heterocycles. The fourth-order valence-corrected chi connectivity index (χ4v) is 5.80. The number of allylic oxidation sites excluding steroid dienone is 9. The normalized spacial score (nSPS) is 19.9. The fraction of sp³-hybridized carbons (Fsp3) is 0.333. The first-order valence-corrected chi connectivity index (χ1v) is 13.2. The van der Waals surface area contributed by atoms with E-state index < -0.39 is 0 Å². The summed E-state index contributed by atoms with van der Waals surface area (Å²) in [5.41, 5.74) is 8.98. The SMILES string of the molecule is [CH+]=C(/C=C/C1=C(Cl)C(=C/C=C2/N(C)c3ccccc3C2(C)C)/CCC1)C(C)(C)c1ccccc1NC. The van der Waals surface area contributed by atoms with Gasteiger partial charge in [0.25, 0.3) is 0 Å². The van der Waals surface area contributed by atoms with Crippen molar-refractivity contribution in [3.63, 3.8) is 0 Å². The largest absolute Gasteiger partial charge is 0.388 e. The summed E-state index contributed by atoms with van der Waals surface area (Å²) in [6.45, 7) is 15.5. The van der Waals surface area contributed by atoms with E-state index in [1.54, 1.807) is 0 Å². The van der Waals surface area contributed by atoms with Crippen molar-refractivity contribution < 1.29 is 0 Å². The zero-order valence-corrected chi connectivity index (χ0v) is 23.2. The number of fused-ring (bicyclic) bond motifs is 1. The van der Waals surface area contributed by atoms with Gasteiger partial charge in [-0.1, -0.05) is 67.9 Å². The Morgan fingerprint density at radius 3 is 2.47 bits per heavy atom. The molecule has 1 heterocycles. The van der Waals surface area contributed by atoms with Crippen molar-refractivity contribution in [3.05, 3.63) is 118 Å². The molecule has 0 radical (unpaired) electrons. The average molecular weight is 498 g/mol. The lowest BCUT2D eigenvalue weighted by Gasteiger charge is -2.24. The van der Waals surface area contributed by atoms with E-state index in [0.717, 1.165) is 41.1 Å². The number of benzene rings is 2. The molecule has 2 aliphatic rings. The second-order valence-corrected chi connectivity index (χ2v) is 11.2. The van der Waals surface area contributed by atoms with Crippen LogP contribution in [-0.4, -0.2) is 14.1 Å². The molecular formula is C33H38ClN2+. The van der Waals surface area contributed by atoms with E-state index in [9.17, 15) is 0 Å². The number of anilines is 2. The number of nitrogens with one attached hydrogen (secondary N) is 1. The van der Waals surface area contributed by atoms with Crippen LogP contribution in [-0.2, 0) is 10.8 Å². The molecule has 3 heteroatoms. The molecule has 0 unspecified atom stereocenters. The Morgan fingerprint density at radius 1 is 1.06 bits per heavy atom. The summed E-state index contributed by atoms with van der Waals surface area (Å²) in [6, 6.07) is 17.0. The highest BCUT2D eigenvalue weighted by atomic mass is 35.5. The Balaban J connectivity index is 1.59. The van der Waals surface area contributed by atoms with E-state index in [-0.39, 0.29) is 10.8 Å². The summed E-state index contributed by atoms with van der Waals surface area (Å²) in [6.07, 6.45) is 11.6. The lowest BCUT2D eigenvalue weighted by Crippen LogP contribution is -2.22. The summed E-state index contributed by atoms with van der Waals surface area (Å²) < 4.78 is 0. The molecule has 1 N–H and O–H groups in total. The Morgan fingerprint density at radius 2 is 1.75 bits per heavy atom. The number of hydrogen-bond donors (Lipinski definition) is 1. The lowest BCUT2D eigenvalue weighted by molar-refractivity contribution is 0.640. The van der Waals surface area contributed by atoms with E-state index in [0.29, 0.717) is 0 Å². The van der Waals surface area contributed by atoms with Crippen molar-refractivity contribution in [2.24, 2.45) is 0 Å². The molecule has 186 valence electrons. The van der Waals surface area contributed by atoms with Gasteiger partial charge < -0.3 is 10.2 Å². The van der Waals surface area contributed by atoms with E-state index in [4.69, 9.17) is 18.2 Å². The maximum absolute atomic E-state index is 6.95. The average Bonchev–Trinajstić information content (AvgIpc) is 3.07. The van der Waals surface area contributed by atoms with Gasteiger partial charge >= 0.3 is 0 Å². The monoisotopic (exact) mass is 497 g/mol. The Labute approximate surface area is 222 Å². The van der Waals surface area contributed by atoms with Gasteiger partial charge in [-0.25, -0.2) is 0 Å². The van der Waals surface area contributed by atoms with Crippen molar-refractivity contribution in [1.82, 2.24) is 0 Å². The summed E-state index contributed by atoms with van der Waals surface area (Å²) in [4.78, 5) is 2.30. The molecule has 2 nitrogen and oxygen atoms in total. The Kier molecular flexibility index (Phi) is 7.32. The Hall–Kier alpha value is -3.06. The van der Waals surface area contributed by atoms with Gasteiger partial charge in [0.15, 0.2) is 5.57 Å². The number of para-hydroxylation sites is 2. The van der Waals surface area contributed by atoms with Crippen LogP contribution in [0.25, 0.3) is 0 Å². The first kappa shape index (κ1) is 26.0. The van der Waals surface area contributed by atoms with Gasteiger partial charge in [0.05, 0.1) is 18.1 Å². The molecule has 36 heavy (non-hydrogen) atoms. The van der Waals surface area contributed by atoms with E-state index in [1.807, 2.05) is 19.2 Å². The molecule has 0 spiro atoms. The molecule has 4 rings (SSSR count). The first-order chi connectivity index (χ1) is 17.1. The maximum Gasteiger partial charge on any atom is 0.174 e. The third-order valence-corrected chi connectivity index (χ3v) is 8.38. The molecular weight excluding hydrogens is 460 g/mol. The topological polar surface area (TPSA) is 15.3 Å². The summed E-state index contributed by atoms with van der Waals surface area (Å²) >= 11 is 6.95. The molecule has 2 aromatic carbocycles. The number of halogens is 1.